The van der Waals surface area contributed by atoms with Gasteiger partial charge in [-0.3, -0.25) is 0 Å². The second-order valence-electron chi connectivity index (χ2n) is 3.12. The van der Waals surface area contributed by atoms with E-state index in [0.717, 1.165) is 12.1 Å². The van der Waals surface area contributed by atoms with Crippen LogP contribution in [-0.2, 0) is 0 Å². The minimum atomic E-state index is -1.39. The maximum atomic E-state index is 13.0. The van der Waals surface area contributed by atoms with Gasteiger partial charge in [0.05, 0.1) is 5.56 Å². The Bertz CT molecular complexity index is 460. The van der Waals surface area contributed by atoms with E-state index in [1.54, 1.807) is 0 Å². The molecule has 0 aliphatic carbocycles. The molecule has 0 heterocycles. The highest BCUT2D eigenvalue weighted by atomic mass is 19.1. The van der Waals surface area contributed by atoms with Crippen LogP contribution < -0.4 is 10.6 Å². The Labute approximate surface area is 96.9 Å². The van der Waals surface area contributed by atoms with Gasteiger partial charge in [-0.2, -0.15) is 0 Å². The number of nitrogens with one attached hydrogen (secondary N) is 2. The standard InChI is InChI=1S/C11H11FN2O3/c1-2-5-13-11(17)14-7-3-4-9(12)8(6-7)10(15)16/h2-4,6H,1,5H2,(H,15,16)(H2,13,14,17). The van der Waals surface area contributed by atoms with Crippen molar-refractivity contribution in [2.75, 3.05) is 11.9 Å². The molecule has 3 N–H and O–H groups in total. The third kappa shape index (κ3) is 3.60. The number of amides is 2. The van der Waals surface area contributed by atoms with Crippen LogP contribution in [0.25, 0.3) is 0 Å². The first kappa shape index (κ1) is 12.7. The highest BCUT2D eigenvalue weighted by Gasteiger charge is 2.11. The van der Waals surface area contributed by atoms with E-state index in [1.807, 2.05) is 0 Å². The fraction of sp³-hybridized carbons (Fsp3) is 0.0909. The maximum absolute atomic E-state index is 13.0. The number of halogens is 1. The van der Waals surface area contributed by atoms with Crippen molar-refractivity contribution < 1.29 is 19.1 Å². The molecule has 0 atom stereocenters. The van der Waals surface area contributed by atoms with E-state index in [2.05, 4.69) is 17.2 Å². The van der Waals surface area contributed by atoms with E-state index < -0.39 is 23.4 Å². The summed E-state index contributed by atoms with van der Waals surface area (Å²) in [6, 6.07) is 2.78. The van der Waals surface area contributed by atoms with Crippen LogP contribution >= 0.6 is 0 Å². The molecule has 90 valence electrons. The van der Waals surface area contributed by atoms with Crippen LogP contribution in [0.2, 0.25) is 0 Å². The summed E-state index contributed by atoms with van der Waals surface area (Å²) in [6.45, 7) is 3.70. The number of hydrogen-bond donors (Lipinski definition) is 3. The predicted octanol–water partition coefficient (Wildman–Crippen LogP) is 1.83. The molecule has 0 unspecified atom stereocenters. The van der Waals surface area contributed by atoms with Crippen LogP contribution in [0.3, 0.4) is 0 Å². The van der Waals surface area contributed by atoms with Gasteiger partial charge in [0.15, 0.2) is 0 Å². The van der Waals surface area contributed by atoms with Gasteiger partial charge in [0.2, 0.25) is 0 Å². The highest BCUT2D eigenvalue weighted by molar-refractivity contribution is 5.93. The molecule has 17 heavy (non-hydrogen) atoms. The molecule has 2 amide bonds. The molecule has 1 aromatic carbocycles. The first-order valence-corrected chi connectivity index (χ1v) is 4.73. The number of carboxylic acid groups (broad SMARTS) is 1. The number of carboxylic acids is 1. The van der Waals surface area contributed by atoms with Crippen molar-refractivity contribution in [3.05, 3.63) is 42.2 Å². The fourth-order valence-corrected chi connectivity index (χ4v) is 1.11. The topological polar surface area (TPSA) is 78.4 Å². The Morgan fingerprint density at radius 2 is 2.18 bits per heavy atom. The Balaban J connectivity index is 2.79. The van der Waals surface area contributed by atoms with E-state index in [0.29, 0.717) is 0 Å². The quantitative estimate of drug-likeness (QED) is 0.700. The van der Waals surface area contributed by atoms with Crippen molar-refractivity contribution in [1.82, 2.24) is 5.32 Å². The Morgan fingerprint density at radius 1 is 1.47 bits per heavy atom. The molecule has 0 saturated carbocycles. The number of urea groups is 1. The average molecular weight is 238 g/mol. The van der Waals surface area contributed by atoms with Gasteiger partial charge < -0.3 is 15.7 Å². The van der Waals surface area contributed by atoms with Crippen molar-refractivity contribution >= 4 is 17.7 Å². The largest absolute Gasteiger partial charge is 0.478 e. The zero-order valence-electron chi connectivity index (χ0n) is 8.87. The lowest BCUT2D eigenvalue weighted by atomic mass is 10.2. The number of benzene rings is 1. The zero-order chi connectivity index (χ0) is 12.8. The molecule has 0 saturated heterocycles. The smallest absolute Gasteiger partial charge is 0.338 e. The van der Waals surface area contributed by atoms with Gasteiger partial charge in [0, 0.05) is 12.2 Å². The molecule has 0 fully saturated rings. The Morgan fingerprint density at radius 3 is 2.76 bits per heavy atom. The summed E-state index contributed by atoms with van der Waals surface area (Å²) in [5, 5.41) is 13.5. The average Bonchev–Trinajstić information content (AvgIpc) is 2.28. The molecule has 0 radical (unpaired) electrons. The van der Waals surface area contributed by atoms with Crippen molar-refractivity contribution in [2.24, 2.45) is 0 Å². The van der Waals surface area contributed by atoms with E-state index in [-0.39, 0.29) is 12.2 Å². The molecule has 0 bridgehead atoms. The van der Waals surface area contributed by atoms with E-state index in [1.165, 1.54) is 12.1 Å². The third-order valence-electron chi connectivity index (χ3n) is 1.86. The second-order valence-corrected chi connectivity index (χ2v) is 3.12. The Kier molecular flexibility index (Phi) is 4.21. The van der Waals surface area contributed by atoms with Gasteiger partial charge in [-0.15, -0.1) is 6.58 Å². The van der Waals surface area contributed by atoms with Crippen molar-refractivity contribution in [1.29, 1.82) is 0 Å². The van der Waals surface area contributed by atoms with Gasteiger partial charge in [0.25, 0.3) is 0 Å². The second kappa shape index (κ2) is 5.64. The first-order chi connectivity index (χ1) is 8.04. The molecule has 0 spiro atoms. The normalized spacial score (nSPS) is 9.47. The number of hydrogen-bond acceptors (Lipinski definition) is 2. The van der Waals surface area contributed by atoms with Gasteiger partial charge >= 0.3 is 12.0 Å². The molecule has 0 aliphatic heterocycles. The molecule has 1 aromatic rings. The molecular formula is C11H11FN2O3. The van der Waals surface area contributed by atoms with E-state index >= 15 is 0 Å². The minimum absolute atomic E-state index is 0.199. The first-order valence-electron chi connectivity index (χ1n) is 4.73. The summed E-state index contributed by atoms with van der Waals surface area (Å²) in [5.74, 6) is -2.24. The van der Waals surface area contributed by atoms with Crippen molar-refractivity contribution in [3.8, 4) is 0 Å². The summed E-state index contributed by atoms with van der Waals surface area (Å²) in [4.78, 5) is 21.9. The van der Waals surface area contributed by atoms with E-state index in [9.17, 15) is 14.0 Å². The molecule has 0 aromatic heterocycles. The third-order valence-corrected chi connectivity index (χ3v) is 1.86. The SMILES string of the molecule is C=CCNC(=O)Nc1ccc(F)c(C(=O)O)c1. The fourth-order valence-electron chi connectivity index (χ4n) is 1.11. The number of rotatable bonds is 4. The van der Waals surface area contributed by atoms with E-state index in [4.69, 9.17) is 5.11 Å². The molecule has 1 rings (SSSR count). The van der Waals surface area contributed by atoms with Gasteiger partial charge in [-0.1, -0.05) is 6.08 Å². The predicted molar refractivity (Wildman–Crippen MR) is 60.6 cm³/mol. The summed E-state index contributed by atoms with van der Waals surface area (Å²) in [6.07, 6.45) is 1.49. The monoisotopic (exact) mass is 238 g/mol. The molecule has 5 nitrogen and oxygen atoms in total. The number of anilines is 1. The lowest BCUT2D eigenvalue weighted by Gasteiger charge is -2.07. The van der Waals surface area contributed by atoms with Gasteiger partial charge in [0.1, 0.15) is 5.82 Å². The van der Waals surface area contributed by atoms with Crippen LogP contribution in [-0.4, -0.2) is 23.7 Å². The van der Waals surface area contributed by atoms with Crippen molar-refractivity contribution in [2.45, 2.75) is 0 Å². The lowest BCUT2D eigenvalue weighted by molar-refractivity contribution is 0.0692. The van der Waals surface area contributed by atoms with Crippen LogP contribution in [0.5, 0.6) is 0 Å². The highest BCUT2D eigenvalue weighted by Crippen LogP contribution is 2.14. The summed E-state index contributed by atoms with van der Waals surface area (Å²) >= 11 is 0. The van der Waals surface area contributed by atoms with Crippen LogP contribution in [0.4, 0.5) is 14.9 Å². The number of aromatic carboxylic acids is 1. The van der Waals surface area contributed by atoms with Crippen LogP contribution in [0.1, 0.15) is 10.4 Å². The number of carbonyl (C=O) groups is 2. The minimum Gasteiger partial charge on any atom is -0.478 e. The number of carbonyl (C=O) groups excluding carboxylic acids is 1. The lowest BCUT2D eigenvalue weighted by Crippen LogP contribution is -2.28. The molecule has 6 heteroatoms. The molecule has 0 aliphatic rings. The summed E-state index contributed by atoms with van der Waals surface area (Å²) in [7, 11) is 0. The summed E-state index contributed by atoms with van der Waals surface area (Å²) in [5.41, 5.74) is -0.295. The molecular weight excluding hydrogens is 227 g/mol. The van der Waals surface area contributed by atoms with Gasteiger partial charge in [-0.05, 0) is 18.2 Å². The van der Waals surface area contributed by atoms with Gasteiger partial charge in [-0.25, -0.2) is 14.0 Å². The van der Waals surface area contributed by atoms with Crippen LogP contribution in [0.15, 0.2) is 30.9 Å². The van der Waals surface area contributed by atoms with Crippen LogP contribution in [0, 0.1) is 5.82 Å². The maximum Gasteiger partial charge on any atom is 0.338 e. The van der Waals surface area contributed by atoms with Crippen molar-refractivity contribution in [3.63, 3.8) is 0 Å². The summed E-state index contributed by atoms with van der Waals surface area (Å²) < 4.78 is 13.0. The zero-order valence-corrected chi connectivity index (χ0v) is 8.87. The Hall–Kier alpha value is -2.37.